The van der Waals surface area contributed by atoms with Crippen molar-refractivity contribution in [3.63, 3.8) is 0 Å². The van der Waals surface area contributed by atoms with Gasteiger partial charge in [0.15, 0.2) is 0 Å². The number of hydrogen-bond acceptors (Lipinski definition) is 3. The molecule has 0 aliphatic heterocycles. The van der Waals surface area contributed by atoms with Gasteiger partial charge >= 0.3 is 0 Å². The molecule has 2 unspecified atom stereocenters. The van der Waals surface area contributed by atoms with Gasteiger partial charge in [-0.2, -0.15) is 0 Å². The van der Waals surface area contributed by atoms with Crippen molar-refractivity contribution in [1.82, 2.24) is 10.3 Å². The number of rotatable bonds is 4. The summed E-state index contributed by atoms with van der Waals surface area (Å²) >= 11 is 0. The van der Waals surface area contributed by atoms with Gasteiger partial charge in [0.2, 0.25) is 0 Å². The van der Waals surface area contributed by atoms with Crippen LogP contribution in [0.4, 0.5) is 5.82 Å². The summed E-state index contributed by atoms with van der Waals surface area (Å²) in [7, 11) is 4.15. The average molecular weight is 247 g/mol. The predicted octanol–water partition coefficient (Wildman–Crippen LogP) is 2.82. The summed E-state index contributed by atoms with van der Waals surface area (Å²) in [6.45, 7) is 3.21. The fraction of sp³-hybridized carbons (Fsp3) is 0.667. The number of nitrogens with zero attached hydrogens (tertiary/aromatic N) is 2. The zero-order chi connectivity index (χ0) is 13.0. The number of aromatic nitrogens is 1. The molecule has 0 amide bonds. The molecule has 0 saturated heterocycles. The number of hydrogen-bond donors (Lipinski definition) is 1. The third-order valence-corrected chi connectivity index (χ3v) is 4.08. The smallest absolute Gasteiger partial charge is 0.128 e. The van der Waals surface area contributed by atoms with E-state index in [4.69, 9.17) is 4.98 Å². The van der Waals surface area contributed by atoms with E-state index in [0.29, 0.717) is 6.04 Å². The highest BCUT2D eigenvalue weighted by atomic mass is 15.2. The Morgan fingerprint density at radius 3 is 2.83 bits per heavy atom. The van der Waals surface area contributed by atoms with Crippen LogP contribution in [0.25, 0.3) is 0 Å². The molecule has 1 aliphatic rings. The molecular formula is C15H25N3. The second kappa shape index (κ2) is 6.19. The van der Waals surface area contributed by atoms with E-state index in [1.807, 2.05) is 7.05 Å². The van der Waals surface area contributed by atoms with E-state index in [2.05, 4.69) is 42.4 Å². The largest absolute Gasteiger partial charge is 0.356 e. The lowest BCUT2D eigenvalue weighted by Crippen LogP contribution is -2.39. The molecule has 1 fully saturated rings. The van der Waals surface area contributed by atoms with Crippen molar-refractivity contribution in [3.05, 3.63) is 23.9 Å². The van der Waals surface area contributed by atoms with Gasteiger partial charge in [-0.1, -0.05) is 25.8 Å². The first-order chi connectivity index (χ1) is 8.72. The van der Waals surface area contributed by atoms with E-state index in [1.54, 1.807) is 0 Å². The van der Waals surface area contributed by atoms with Crippen LogP contribution in [0, 0.1) is 5.92 Å². The van der Waals surface area contributed by atoms with Gasteiger partial charge in [-0.25, -0.2) is 4.98 Å². The normalized spacial score (nSPS) is 23.9. The Labute approximate surface area is 111 Å². The molecule has 1 aromatic heterocycles. The van der Waals surface area contributed by atoms with Crippen molar-refractivity contribution in [2.75, 3.05) is 19.0 Å². The van der Waals surface area contributed by atoms with Gasteiger partial charge in [-0.15, -0.1) is 0 Å². The highest BCUT2D eigenvalue weighted by molar-refractivity contribution is 5.39. The summed E-state index contributed by atoms with van der Waals surface area (Å²) in [4.78, 5) is 7.11. The number of nitrogens with one attached hydrogen (secondary N) is 1. The fourth-order valence-corrected chi connectivity index (χ4v) is 2.98. The molecule has 1 aliphatic carbocycles. The maximum Gasteiger partial charge on any atom is 0.128 e. The van der Waals surface area contributed by atoms with Crippen LogP contribution in [0.3, 0.4) is 0 Å². The van der Waals surface area contributed by atoms with Crippen LogP contribution < -0.4 is 10.2 Å². The van der Waals surface area contributed by atoms with Crippen molar-refractivity contribution in [1.29, 1.82) is 0 Å². The minimum atomic E-state index is 0.649. The van der Waals surface area contributed by atoms with Crippen molar-refractivity contribution in [2.45, 2.75) is 45.2 Å². The summed E-state index contributed by atoms with van der Waals surface area (Å²) in [6, 6.07) is 6.97. The molecule has 1 heterocycles. The van der Waals surface area contributed by atoms with Gasteiger partial charge in [-0.05, 0) is 37.9 Å². The average Bonchev–Trinajstić information content (AvgIpc) is 2.39. The van der Waals surface area contributed by atoms with Crippen LogP contribution in [-0.2, 0) is 6.54 Å². The predicted molar refractivity (Wildman–Crippen MR) is 76.8 cm³/mol. The number of anilines is 1. The Morgan fingerprint density at radius 2 is 2.11 bits per heavy atom. The lowest BCUT2D eigenvalue weighted by atomic mass is 9.85. The van der Waals surface area contributed by atoms with Gasteiger partial charge in [0, 0.05) is 19.6 Å². The van der Waals surface area contributed by atoms with Crippen molar-refractivity contribution < 1.29 is 0 Å². The molecule has 2 atom stereocenters. The molecule has 3 heteroatoms. The maximum atomic E-state index is 4.74. The van der Waals surface area contributed by atoms with Gasteiger partial charge in [0.25, 0.3) is 0 Å². The molecule has 2 rings (SSSR count). The Hall–Kier alpha value is -1.09. The number of pyridine rings is 1. The summed E-state index contributed by atoms with van der Waals surface area (Å²) in [5.41, 5.74) is 1.12. The first-order valence-corrected chi connectivity index (χ1v) is 7.05. The first-order valence-electron chi connectivity index (χ1n) is 7.05. The summed E-state index contributed by atoms with van der Waals surface area (Å²) in [6.07, 6.45) is 5.40. The quantitative estimate of drug-likeness (QED) is 0.887. The molecule has 0 spiro atoms. The fourth-order valence-electron chi connectivity index (χ4n) is 2.98. The van der Waals surface area contributed by atoms with Crippen molar-refractivity contribution in [3.8, 4) is 0 Å². The molecule has 0 aromatic carbocycles. The van der Waals surface area contributed by atoms with E-state index < -0.39 is 0 Å². The second-order valence-corrected chi connectivity index (χ2v) is 5.46. The molecule has 0 bridgehead atoms. The zero-order valence-corrected chi connectivity index (χ0v) is 11.8. The van der Waals surface area contributed by atoms with Gasteiger partial charge in [0.1, 0.15) is 5.82 Å². The van der Waals surface area contributed by atoms with Gasteiger partial charge in [0.05, 0.1) is 5.69 Å². The molecule has 18 heavy (non-hydrogen) atoms. The van der Waals surface area contributed by atoms with Gasteiger partial charge < -0.3 is 10.2 Å². The molecule has 1 saturated carbocycles. The summed E-state index contributed by atoms with van der Waals surface area (Å²) < 4.78 is 0. The maximum absolute atomic E-state index is 4.74. The van der Waals surface area contributed by atoms with E-state index in [1.165, 1.54) is 25.7 Å². The minimum absolute atomic E-state index is 0.649. The second-order valence-electron chi connectivity index (χ2n) is 5.46. The third-order valence-electron chi connectivity index (χ3n) is 4.08. The summed E-state index contributed by atoms with van der Waals surface area (Å²) in [5, 5.41) is 3.16. The topological polar surface area (TPSA) is 28.2 Å². The monoisotopic (exact) mass is 247 g/mol. The lowest BCUT2D eigenvalue weighted by molar-refractivity contribution is 0.320. The van der Waals surface area contributed by atoms with E-state index in [9.17, 15) is 0 Å². The molecular weight excluding hydrogens is 222 g/mol. The Kier molecular flexibility index (Phi) is 4.59. The van der Waals surface area contributed by atoms with Crippen LogP contribution in [0.2, 0.25) is 0 Å². The van der Waals surface area contributed by atoms with Gasteiger partial charge in [-0.3, -0.25) is 0 Å². The first kappa shape index (κ1) is 13.3. The van der Waals surface area contributed by atoms with E-state index in [-0.39, 0.29) is 0 Å². The highest BCUT2D eigenvalue weighted by Crippen LogP contribution is 2.29. The molecule has 3 nitrogen and oxygen atoms in total. The van der Waals surface area contributed by atoms with Crippen LogP contribution in [-0.4, -0.2) is 25.1 Å². The van der Waals surface area contributed by atoms with Crippen LogP contribution in [0.1, 0.15) is 38.3 Å². The SMILES string of the molecule is CNCc1cccc(N(C)C2CCCCC2C)n1. The molecule has 0 radical (unpaired) electrons. The van der Waals surface area contributed by atoms with Crippen molar-refractivity contribution >= 4 is 5.82 Å². The standard InChI is InChI=1S/C15H25N3/c1-12-7-4-5-9-14(12)18(3)15-10-6-8-13(17-15)11-16-2/h6,8,10,12,14,16H,4-5,7,9,11H2,1-3H3. The van der Waals surface area contributed by atoms with E-state index in [0.717, 1.165) is 24.0 Å². The summed E-state index contributed by atoms with van der Waals surface area (Å²) in [5.74, 6) is 1.89. The van der Waals surface area contributed by atoms with Crippen LogP contribution >= 0.6 is 0 Å². The molecule has 1 aromatic rings. The molecule has 1 N–H and O–H groups in total. The van der Waals surface area contributed by atoms with Crippen molar-refractivity contribution in [2.24, 2.45) is 5.92 Å². The minimum Gasteiger partial charge on any atom is -0.356 e. The lowest BCUT2D eigenvalue weighted by Gasteiger charge is -2.37. The van der Waals surface area contributed by atoms with Crippen LogP contribution in [0.5, 0.6) is 0 Å². The third kappa shape index (κ3) is 3.02. The Bertz CT molecular complexity index is 378. The Balaban J connectivity index is 2.11. The van der Waals surface area contributed by atoms with E-state index >= 15 is 0 Å². The highest BCUT2D eigenvalue weighted by Gasteiger charge is 2.25. The zero-order valence-electron chi connectivity index (χ0n) is 11.8. The molecule has 100 valence electrons. The van der Waals surface area contributed by atoms with Crippen LogP contribution in [0.15, 0.2) is 18.2 Å². The Morgan fingerprint density at radius 1 is 1.33 bits per heavy atom.